The van der Waals surface area contributed by atoms with Crippen molar-refractivity contribution in [3.63, 3.8) is 0 Å². The van der Waals surface area contributed by atoms with E-state index in [1.807, 2.05) is 0 Å². The van der Waals surface area contributed by atoms with Gasteiger partial charge in [-0.25, -0.2) is 0 Å². The van der Waals surface area contributed by atoms with Crippen LogP contribution in [0.2, 0.25) is 10.3 Å². The summed E-state index contributed by atoms with van der Waals surface area (Å²) in [6.45, 7) is 0. The minimum Gasteiger partial charge on any atom is -0.349 e. The number of hydrogen-bond acceptors (Lipinski definition) is 4. The van der Waals surface area contributed by atoms with E-state index in [9.17, 15) is 4.79 Å². The summed E-state index contributed by atoms with van der Waals surface area (Å²) >= 11 is 11.5. The molecular formula is C11H14Cl2N4O. The Morgan fingerprint density at radius 3 is 2.61 bits per heavy atom. The van der Waals surface area contributed by atoms with Crippen molar-refractivity contribution in [2.24, 2.45) is 5.73 Å². The molecule has 1 aromatic heterocycles. The van der Waals surface area contributed by atoms with Gasteiger partial charge in [0, 0.05) is 12.1 Å². The summed E-state index contributed by atoms with van der Waals surface area (Å²) < 4.78 is 0. The lowest BCUT2D eigenvalue weighted by Gasteiger charge is -2.26. The molecule has 3 N–H and O–H groups in total. The predicted octanol–water partition coefficient (Wildman–Crippen LogP) is 1.78. The molecule has 98 valence electrons. The van der Waals surface area contributed by atoms with Crippen molar-refractivity contribution < 1.29 is 4.79 Å². The summed E-state index contributed by atoms with van der Waals surface area (Å²) in [6, 6.07) is 1.81. The molecule has 0 bridgehead atoms. The van der Waals surface area contributed by atoms with Crippen LogP contribution in [0.15, 0.2) is 6.07 Å². The number of nitrogens with zero attached hydrogens (tertiary/aromatic N) is 2. The third-order valence-electron chi connectivity index (χ3n) is 3.07. The van der Waals surface area contributed by atoms with Crippen LogP contribution in [-0.4, -0.2) is 28.2 Å². The summed E-state index contributed by atoms with van der Waals surface area (Å²) in [5.74, 6) is -0.266. The van der Waals surface area contributed by atoms with Crippen LogP contribution in [0.3, 0.4) is 0 Å². The first-order valence-electron chi connectivity index (χ1n) is 5.81. The van der Waals surface area contributed by atoms with Crippen molar-refractivity contribution in [3.05, 3.63) is 21.9 Å². The molecule has 1 aromatic rings. The van der Waals surface area contributed by atoms with Gasteiger partial charge in [-0.2, -0.15) is 0 Å². The van der Waals surface area contributed by atoms with E-state index < -0.39 is 0 Å². The quantitative estimate of drug-likeness (QED) is 0.869. The van der Waals surface area contributed by atoms with Gasteiger partial charge in [0.15, 0.2) is 10.3 Å². The highest BCUT2D eigenvalue weighted by atomic mass is 35.5. The van der Waals surface area contributed by atoms with Gasteiger partial charge in [0.05, 0.1) is 5.56 Å². The zero-order valence-corrected chi connectivity index (χ0v) is 11.2. The summed E-state index contributed by atoms with van der Waals surface area (Å²) in [7, 11) is 0. The molecule has 0 saturated heterocycles. The molecule has 1 aliphatic carbocycles. The third kappa shape index (κ3) is 3.31. The van der Waals surface area contributed by atoms with Crippen LogP contribution in [0, 0.1) is 0 Å². The fraction of sp³-hybridized carbons (Fsp3) is 0.545. The second kappa shape index (κ2) is 5.82. The Bertz CT molecular complexity index is 447. The molecule has 1 saturated carbocycles. The Labute approximate surface area is 115 Å². The number of hydrogen-bond donors (Lipinski definition) is 2. The van der Waals surface area contributed by atoms with Crippen LogP contribution in [0.1, 0.15) is 36.0 Å². The number of halogens is 2. The number of amides is 1. The smallest absolute Gasteiger partial charge is 0.254 e. The van der Waals surface area contributed by atoms with Crippen molar-refractivity contribution in [1.29, 1.82) is 0 Å². The van der Waals surface area contributed by atoms with E-state index in [4.69, 9.17) is 28.9 Å². The first-order chi connectivity index (χ1) is 8.56. The van der Waals surface area contributed by atoms with Gasteiger partial charge >= 0.3 is 0 Å². The first-order valence-corrected chi connectivity index (χ1v) is 6.57. The highest BCUT2D eigenvalue weighted by Gasteiger charge is 2.22. The van der Waals surface area contributed by atoms with Crippen LogP contribution in [0.4, 0.5) is 0 Å². The summed E-state index contributed by atoms with van der Waals surface area (Å²) in [5.41, 5.74) is 6.07. The average Bonchev–Trinajstić information content (AvgIpc) is 2.35. The Balaban J connectivity index is 2.01. The first kappa shape index (κ1) is 13.5. The van der Waals surface area contributed by atoms with Gasteiger partial charge in [-0.15, -0.1) is 10.2 Å². The topological polar surface area (TPSA) is 80.9 Å². The predicted molar refractivity (Wildman–Crippen MR) is 69.7 cm³/mol. The summed E-state index contributed by atoms with van der Waals surface area (Å²) in [5, 5.41) is 10.3. The van der Waals surface area contributed by atoms with Gasteiger partial charge in [-0.05, 0) is 31.7 Å². The van der Waals surface area contributed by atoms with E-state index in [1.165, 1.54) is 6.07 Å². The lowest BCUT2D eigenvalue weighted by atomic mass is 9.92. The van der Waals surface area contributed by atoms with E-state index in [0.29, 0.717) is 0 Å². The molecule has 1 amide bonds. The van der Waals surface area contributed by atoms with Crippen LogP contribution in [0.5, 0.6) is 0 Å². The second-order valence-corrected chi connectivity index (χ2v) is 5.20. The molecule has 1 aliphatic rings. The number of aromatic nitrogens is 2. The highest BCUT2D eigenvalue weighted by molar-refractivity contribution is 6.34. The molecule has 1 fully saturated rings. The van der Waals surface area contributed by atoms with Crippen LogP contribution >= 0.6 is 23.2 Å². The minimum atomic E-state index is -0.266. The van der Waals surface area contributed by atoms with Crippen LogP contribution in [0.25, 0.3) is 0 Å². The Morgan fingerprint density at radius 1 is 1.28 bits per heavy atom. The maximum Gasteiger partial charge on any atom is 0.254 e. The maximum absolute atomic E-state index is 12.0. The van der Waals surface area contributed by atoms with Crippen molar-refractivity contribution in [1.82, 2.24) is 15.5 Å². The summed E-state index contributed by atoms with van der Waals surface area (Å²) in [4.78, 5) is 12.0. The molecule has 18 heavy (non-hydrogen) atoms. The second-order valence-electron chi connectivity index (χ2n) is 4.46. The van der Waals surface area contributed by atoms with E-state index in [0.717, 1.165) is 25.7 Å². The third-order valence-corrected chi connectivity index (χ3v) is 3.53. The number of carbonyl (C=O) groups is 1. The lowest BCUT2D eigenvalue weighted by molar-refractivity contribution is 0.0925. The minimum absolute atomic E-state index is 0.0596. The number of nitrogens with two attached hydrogens (primary N) is 1. The van der Waals surface area contributed by atoms with E-state index in [2.05, 4.69) is 15.5 Å². The van der Waals surface area contributed by atoms with Gasteiger partial charge in [0.2, 0.25) is 0 Å². The fourth-order valence-corrected chi connectivity index (χ4v) is 2.36. The molecular weight excluding hydrogens is 275 g/mol. The van der Waals surface area contributed by atoms with Gasteiger partial charge < -0.3 is 11.1 Å². The standard InChI is InChI=1S/C11H14Cl2N4O/c12-9-5-8(10(13)17-16-9)11(18)15-7-3-1-6(14)2-4-7/h5-7H,1-4,14H2,(H,15,18). The number of nitrogens with one attached hydrogen (secondary N) is 1. The molecule has 0 atom stereocenters. The molecule has 5 nitrogen and oxygen atoms in total. The van der Waals surface area contributed by atoms with Crippen molar-refractivity contribution in [3.8, 4) is 0 Å². The molecule has 0 aliphatic heterocycles. The van der Waals surface area contributed by atoms with Crippen molar-refractivity contribution in [2.75, 3.05) is 0 Å². The van der Waals surface area contributed by atoms with Crippen molar-refractivity contribution >= 4 is 29.1 Å². The average molecular weight is 289 g/mol. The Hall–Kier alpha value is -0.910. The van der Waals surface area contributed by atoms with Crippen LogP contribution in [-0.2, 0) is 0 Å². The number of carbonyl (C=O) groups excluding carboxylic acids is 1. The van der Waals surface area contributed by atoms with E-state index in [-0.39, 0.29) is 33.9 Å². The number of rotatable bonds is 2. The Kier molecular flexibility index (Phi) is 4.37. The summed E-state index contributed by atoms with van der Waals surface area (Å²) in [6.07, 6.45) is 3.62. The molecule has 7 heteroatoms. The van der Waals surface area contributed by atoms with Crippen LogP contribution < -0.4 is 11.1 Å². The maximum atomic E-state index is 12.0. The molecule has 0 unspecified atom stereocenters. The zero-order valence-electron chi connectivity index (χ0n) is 9.70. The van der Waals surface area contributed by atoms with Gasteiger partial charge in [0.25, 0.3) is 5.91 Å². The Morgan fingerprint density at radius 2 is 1.94 bits per heavy atom. The van der Waals surface area contributed by atoms with Gasteiger partial charge in [-0.3, -0.25) is 4.79 Å². The molecule has 0 aromatic carbocycles. The highest BCUT2D eigenvalue weighted by Crippen LogP contribution is 2.19. The lowest BCUT2D eigenvalue weighted by Crippen LogP contribution is -2.40. The molecule has 1 heterocycles. The normalized spacial score (nSPS) is 23.7. The van der Waals surface area contributed by atoms with E-state index in [1.54, 1.807) is 0 Å². The molecule has 0 radical (unpaired) electrons. The van der Waals surface area contributed by atoms with Gasteiger partial charge in [-0.1, -0.05) is 23.2 Å². The van der Waals surface area contributed by atoms with E-state index >= 15 is 0 Å². The molecule has 0 spiro atoms. The fourth-order valence-electron chi connectivity index (χ4n) is 2.04. The molecule has 2 rings (SSSR count). The van der Waals surface area contributed by atoms with Crippen molar-refractivity contribution in [2.45, 2.75) is 37.8 Å². The zero-order chi connectivity index (χ0) is 13.1. The SMILES string of the molecule is NC1CCC(NC(=O)c2cc(Cl)nnc2Cl)CC1. The largest absolute Gasteiger partial charge is 0.349 e. The van der Waals surface area contributed by atoms with Gasteiger partial charge in [0.1, 0.15) is 0 Å². The monoisotopic (exact) mass is 288 g/mol.